The fourth-order valence-electron chi connectivity index (χ4n) is 2.19. The van der Waals surface area contributed by atoms with E-state index in [1.54, 1.807) is 0 Å². The van der Waals surface area contributed by atoms with E-state index in [1.807, 2.05) is 0 Å². The van der Waals surface area contributed by atoms with Crippen LogP contribution in [-0.4, -0.2) is 29.3 Å². The molecule has 3 rings (SSSR count). The highest BCUT2D eigenvalue weighted by atomic mass is 19.2. The maximum Gasteiger partial charge on any atom is 0.275 e. The topological polar surface area (TPSA) is 73.2 Å². The Morgan fingerprint density at radius 3 is 2.71 bits per heavy atom. The Balaban J connectivity index is 2.00. The molecule has 1 heterocycles. The Bertz CT molecular complexity index is 847. The number of halogens is 2. The first kappa shape index (κ1) is 16.1. The molecule has 0 radical (unpaired) electrons. The molecule has 8 heteroatoms. The third-order valence-corrected chi connectivity index (χ3v) is 3.72. The molecule has 1 N–H and O–H groups in total. The number of hydrogen-bond acceptors (Lipinski definition) is 4. The van der Waals surface area contributed by atoms with E-state index >= 15 is 0 Å². The Hall–Kier alpha value is -2.77. The number of amides is 1. The molecule has 6 nitrogen and oxygen atoms in total. The van der Waals surface area contributed by atoms with Gasteiger partial charge in [0.25, 0.3) is 5.91 Å². The highest BCUT2D eigenvalue weighted by Crippen LogP contribution is 2.27. The number of benzene rings is 1. The van der Waals surface area contributed by atoms with Gasteiger partial charge >= 0.3 is 0 Å². The van der Waals surface area contributed by atoms with Gasteiger partial charge in [0.05, 0.1) is 18.9 Å². The lowest BCUT2D eigenvalue weighted by atomic mass is 10.3. The van der Waals surface area contributed by atoms with E-state index in [0.29, 0.717) is 12.5 Å². The Labute approximate surface area is 136 Å². The van der Waals surface area contributed by atoms with Crippen LogP contribution in [0, 0.1) is 17.6 Å². The second-order valence-electron chi connectivity index (χ2n) is 5.56. The summed E-state index contributed by atoms with van der Waals surface area (Å²) >= 11 is 0. The molecule has 1 aliphatic carbocycles. The van der Waals surface area contributed by atoms with Gasteiger partial charge in [-0.15, -0.1) is 0 Å². The van der Waals surface area contributed by atoms with Gasteiger partial charge < -0.3 is 10.1 Å². The number of aromatic nitrogens is 2. The van der Waals surface area contributed by atoms with Crippen LogP contribution in [0.5, 0.6) is 5.88 Å². The van der Waals surface area contributed by atoms with Crippen molar-refractivity contribution in [3.63, 3.8) is 0 Å². The molecular weight excluding hydrogens is 320 g/mol. The van der Waals surface area contributed by atoms with E-state index in [9.17, 15) is 18.4 Å². The number of carbonyl (C=O) groups excluding carboxylic acids is 1. The van der Waals surface area contributed by atoms with Crippen molar-refractivity contribution in [2.45, 2.75) is 12.8 Å². The fourth-order valence-corrected chi connectivity index (χ4v) is 2.19. The lowest BCUT2D eigenvalue weighted by Crippen LogP contribution is -2.32. The molecule has 126 valence electrons. The maximum atomic E-state index is 13.5. The fraction of sp³-hybridized carbons (Fsp3) is 0.312. The average Bonchev–Trinajstić information content (AvgIpc) is 3.39. The largest absolute Gasteiger partial charge is 0.481 e. The molecule has 1 aliphatic rings. The van der Waals surface area contributed by atoms with Gasteiger partial charge in [-0.25, -0.2) is 13.5 Å². The minimum Gasteiger partial charge on any atom is -0.481 e. The number of nitrogens with zero attached hydrogens (tertiary/aromatic N) is 2. The van der Waals surface area contributed by atoms with E-state index < -0.39 is 23.0 Å². The van der Waals surface area contributed by atoms with Gasteiger partial charge in [-0.1, -0.05) is 0 Å². The second kappa shape index (κ2) is 6.38. The summed E-state index contributed by atoms with van der Waals surface area (Å²) in [7, 11) is 1.31. The summed E-state index contributed by atoms with van der Waals surface area (Å²) in [6, 6.07) is 4.18. The summed E-state index contributed by atoms with van der Waals surface area (Å²) in [5, 5.41) is 6.61. The lowest BCUT2D eigenvalue weighted by Gasteiger charge is -2.12. The van der Waals surface area contributed by atoms with Gasteiger partial charge in [0.1, 0.15) is 0 Å². The van der Waals surface area contributed by atoms with E-state index in [1.165, 1.54) is 13.2 Å². The smallest absolute Gasteiger partial charge is 0.275 e. The van der Waals surface area contributed by atoms with Gasteiger partial charge in [0.2, 0.25) is 11.3 Å². The SMILES string of the molecule is COc1cc(=O)c(C(=O)NCC2CC2)nn1-c1ccc(F)c(F)c1. The molecule has 0 saturated heterocycles. The summed E-state index contributed by atoms with van der Waals surface area (Å²) < 4.78 is 32.7. The molecule has 24 heavy (non-hydrogen) atoms. The molecule has 0 atom stereocenters. The molecule has 1 fully saturated rings. The van der Waals surface area contributed by atoms with Crippen molar-refractivity contribution >= 4 is 5.91 Å². The molecule has 0 bridgehead atoms. The Kier molecular flexibility index (Phi) is 4.28. The third kappa shape index (κ3) is 3.27. The molecule has 0 aliphatic heterocycles. The number of ether oxygens (including phenoxy) is 1. The summed E-state index contributed by atoms with van der Waals surface area (Å²) in [5.74, 6) is -2.24. The van der Waals surface area contributed by atoms with Gasteiger partial charge in [-0.3, -0.25) is 9.59 Å². The summed E-state index contributed by atoms with van der Waals surface area (Å²) in [4.78, 5) is 24.2. The van der Waals surface area contributed by atoms with E-state index in [4.69, 9.17) is 4.74 Å². The van der Waals surface area contributed by atoms with Crippen LogP contribution in [0.25, 0.3) is 5.69 Å². The number of hydrogen-bond donors (Lipinski definition) is 1. The number of methoxy groups -OCH3 is 1. The molecule has 2 aromatic rings. The molecular formula is C16H15F2N3O3. The molecule has 1 aromatic carbocycles. The van der Waals surface area contributed by atoms with Gasteiger partial charge in [-0.2, -0.15) is 5.10 Å². The minimum atomic E-state index is -1.07. The van der Waals surface area contributed by atoms with E-state index in [0.717, 1.165) is 35.7 Å². The van der Waals surface area contributed by atoms with Crippen LogP contribution in [0.1, 0.15) is 23.3 Å². The zero-order chi connectivity index (χ0) is 17.3. The molecule has 0 spiro atoms. The normalized spacial score (nSPS) is 13.6. The summed E-state index contributed by atoms with van der Waals surface area (Å²) in [6.45, 7) is 0.483. The van der Waals surface area contributed by atoms with Crippen molar-refractivity contribution < 1.29 is 18.3 Å². The zero-order valence-corrected chi connectivity index (χ0v) is 12.9. The second-order valence-corrected chi connectivity index (χ2v) is 5.56. The van der Waals surface area contributed by atoms with Crippen molar-refractivity contribution in [2.75, 3.05) is 13.7 Å². The van der Waals surface area contributed by atoms with Gasteiger partial charge in [0.15, 0.2) is 17.3 Å². The van der Waals surface area contributed by atoms with Crippen LogP contribution >= 0.6 is 0 Å². The van der Waals surface area contributed by atoms with E-state index in [-0.39, 0.29) is 17.3 Å². The molecule has 1 amide bonds. The standard InChI is InChI=1S/C16H15F2N3O3/c1-24-14-7-13(22)15(16(23)19-8-9-2-3-9)20-21(14)10-4-5-11(17)12(18)6-10/h4-7,9H,2-3,8H2,1H3,(H,19,23). The Morgan fingerprint density at radius 1 is 1.33 bits per heavy atom. The minimum absolute atomic E-state index is 0.00440. The van der Waals surface area contributed by atoms with Gasteiger partial charge in [-0.05, 0) is 30.9 Å². The third-order valence-electron chi connectivity index (χ3n) is 3.72. The lowest BCUT2D eigenvalue weighted by molar-refractivity contribution is 0.0943. The number of carbonyl (C=O) groups is 1. The van der Waals surface area contributed by atoms with E-state index in [2.05, 4.69) is 10.4 Å². The van der Waals surface area contributed by atoms with Gasteiger partial charge in [0, 0.05) is 12.6 Å². The highest BCUT2D eigenvalue weighted by molar-refractivity contribution is 5.92. The highest BCUT2D eigenvalue weighted by Gasteiger charge is 2.23. The van der Waals surface area contributed by atoms with Crippen LogP contribution < -0.4 is 15.5 Å². The monoisotopic (exact) mass is 335 g/mol. The molecule has 1 saturated carbocycles. The van der Waals surface area contributed by atoms with Crippen LogP contribution in [0.3, 0.4) is 0 Å². The first-order valence-corrected chi connectivity index (χ1v) is 7.41. The van der Waals surface area contributed by atoms with Crippen LogP contribution in [-0.2, 0) is 0 Å². The zero-order valence-electron chi connectivity index (χ0n) is 12.9. The summed E-state index contributed by atoms with van der Waals surface area (Å²) in [5.41, 5.74) is -0.817. The quantitative estimate of drug-likeness (QED) is 0.902. The van der Waals surface area contributed by atoms with Crippen molar-refractivity contribution in [3.8, 4) is 11.6 Å². The van der Waals surface area contributed by atoms with Crippen LogP contribution in [0.2, 0.25) is 0 Å². The molecule has 1 aromatic heterocycles. The van der Waals surface area contributed by atoms with Crippen molar-refractivity contribution in [1.29, 1.82) is 0 Å². The maximum absolute atomic E-state index is 13.5. The van der Waals surface area contributed by atoms with Crippen molar-refractivity contribution in [1.82, 2.24) is 15.1 Å². The molecule has 0 unspecified atom stereocenters. The first-order chi connectivity index (χ1) is 11.5. The van der Waals surface area contributed by atoms with Crippen molar-refractivity contribution in [3.05, 3.63) is 51.8 Å². The summed E-state index contributed by atoms with van der Waals surface area (Å²) in [6.07, 6.45) is 2.10. The predicted octanol–water partition coefficient (Wildman–Crippen LogP) is 1.66. The predicted molar refractivity (Wildman–Crippen MR) is 81.4 cm³/mol. The average molecular weight is 335 g/mol. The van der Waals surface area contributed by atoms with Crippen molar-refractivity contribution in [2.24, 2.45) is 5.92 Å². The van der Waals surface area contributed by atoms with Crippen LogP contribution in [0.4, 0.5) is 8.78 Å². The first-order valence-electron chi connectivity index (χ1n) is 7.41. The number of nitrogens with one attached hydrogen (secondary N) is 1. The number of rotatable bonds is 5. The Morgan fingerprint density at radius 2 is 2.08 bits per heavy atom. The van der Waals surface area contributed by atoms with Crippen LogP contribution in [0.15, 0.2) is 29.1 Å².